The molecule has 76 valence electrons. The predicted octanol–water partition coefficient (Wildman–Crippen LogP) is 1.90. The number of hydrogen-bond acceptors (Lipinski definition) is 3. The normalized spacial score (nSPS) is 12.4. The molecule has 1 heterocycles. The van der Waals surface area contributed by atoms with Gasteiger partial charge < -0.3 is 4.42 Å². The number of nitrogens with one attached hydrogen (secondary N) is 1. The molecule has 0 aliphatic heterocycles. The molecule has 1 aromatic rings. The standard InChI is InChI=1S/C11H16N2O/c1-3-4-5-6-10(13-12)11-9(2)7-8-14-11/h1,7-8,10,13H,4-6,12H2,2H3. The molecule has 0 spiro atoms. The van der Waals surface area contributed by atoms with Crippen LogP contribution in [0.4, 0.5) is 0 Å². The van der Waals surface area contributed by atoms with Crippen LogP contribution in [-0.4, -0.2) is 0 Å². The third kappa shape index (κ3) is 2.63. The topological polar surface area (TPSA) is 51.2 Å². The largest absolute Gasteiger partial charge is 0.467 e. The number of nitrogens with two attached hydrogens (primary N) is 1. The molecule has 1 unspecified atom stereocenters. The van der Waals surface area contributed by atoms with Crippen molar-refractivity contribution >= 4 is 0 Å². The molecule has 1 atom stereocenters. The smallest absolute Gasteiger partial charge is 0.124 e. The lowest BCUT2D eigenvalue weighted by atomic mass is 10.1. The van der Waals surface area contributed by atoms with E-state index in [0.29, 0.717) is 0 Å². The van der Waals surface area contributed by atoms with Crippen LogP contribution in [0.5, 0.6) is 0 Å². The van der Waals surface area contributed by atoms with Gasteiger partial charge in [-0.25, -0.2) is 5.43 Å². The molecule has 0 saturated carbocycles. The van der Waals surface area contributed by atoms with Crippen molar-refractivity contribution in [1.29, 1.82) is 0 Å². The van der Waals surface area contributed by atoms with Gasteiger partial charge in [-0.05, 0) is 31.4 Å². The highest BCUT2D eigenvalue weighted by Crippen LogP contribution is 2.22. The molecule has 1 aromatic heterocycles. The molecule has 3 heteroatoms. The summed E-state index contributed by atoms with van der Waals surface area (Å²) in [6.07, 6.45) is 9.48. The maximum atomic E-state index is 5.45. The lowest BCUT2D eigenvalue weighted by molar-refractivity contribution is 0.393. The monoisotopic (exact) mass is 192 g/mol. The van der Waals surface area contributed by atoms with E-state index in [1.807, 2.05) is 13.0 Å². The number of rotatable bonds is 5. The Hall–Kier alpha value is -1.24. The van der Waals surface area contributed by atoms with Crippen LogP contribution < -0.4 is 11.3 Å². The second-order valence-electron chi connectivity index (χ2n) is 3.28. The van der Waals surface area contributed by atoms with Gasteiger partial charge in [0.15, 0.2) is 0 Å². The Kier molecular flexibility index (Phi) is 4.24. The van der Waals surface area contributed by atoms with Crippen molar-refractivity contribution in [3.05, 3.63) is 23.7 Å². The molecule has 0 saturated heterocycles. The summed E-state index contributed by atoms with van der Waals surface area (Å²) in [6.45, 7) is 2.00. The molecule has 0 fully saturated rings. The van der Waals surface area contributed by atoms with Gasteiger partial charge in [0.25, 0.3) is 0 Å². The van der Waals surface area contributed by atoms with Crippen molar-refractivity contribution in [3.8, 4) is 12.3 Å². The first-order valence-corrected chi connectivity index (χ1v) is 4.73. The summed E-state index contributed by atoms with van der Waals surface area (Å²) in [4.78, 5) is 0. The van der Waals surface area contributed by atoms with E-state index in [2.05, 4.69) is 11.3 Å². The predicted molar refractivity (Wildman–Crippen MR) is 56.2 cm³/mol. The molecule has 3 N–H and O–H groups in total. The highest BCUT2D eigenvalue weighted by Gasteiger charge is 2.14. The number of terminal acetylenes is 1. The minimum atomic E-state index is 0.0679. The Morgan fingerprint density at radius 3 is 3.00 bits per heavy atom. The Morgan fingerprint density at radius 1 is 1.71 bits per heavy atom. The van der Waals surface area contributed by atoms with E-state index in [1.165, 1.54) is 0 Å². The number of aryl methyl sites for hydroxylation is 1. The first kappa shape index (κ1) is 10.8. The first-order chi connectivity index (χ1) is 6.79. The van der Waals surface area contributed by atoms with Gasteiger partial charge in [-0.3, -0.25) is 5.84 Å². The molecule has 14 heavy (non-hydrogen) atoms. The summed E-state index contributed by atoms with van der Waals surface area (Å²) < 4.78 is 5.35. The molecule has 0 bridgehead atoms. The van der Waals surface area contributed by atoms with Gasteiger partial charge in [-0.2, -0.15) is 0 Å². The van der Waals surface area contributed by atoms with E-state index in [0.717, 1.165) is 30.6 Å². The molecule has 1 rings (SSSR count). The fourth-order valence-electron chi connectivity index (χ4n) is 1.44. The molecule has 0 aliphatic rings. The summed E-state index contributed by atoms with van der Waals surface area (Å²) in [5, 5.41) is 0. The van der Waals surface area contributed by atoms with Crippen LogP contribution in [0.25, 0.3) is 0 Å². The molecular weight excluding hydrogens is 176 g/mol. The molecule has 3 nitrogen and oxygen atoms in total. The highest BCUT2D eigenvalue weighted by molar-refractivity contribution is 5.17. The van der Waals surface area contributed by atoms with Gasteiger partial charge in [0.1, 0.15) is 5.76 Å². The average molecular weight is 192 g/mol. The van der Waals surface area contributed by atoms with Crippen molar-refractivity contribution in [3.63, 3.8) is 0 Å². The fourth-order valence-corrected chi connectivity index (χ4v) is 1.44. The number of hydrogen-bond donors (Lipinski definition) is 2. The Morgan fingerprint density at radius 2 is 2.50 bits per heavy atom. The van der Waals surface area contributed by atoms with E-state index in [9.17, 15) is 0 Å². The van der Waals surface area contributed by atoms with E-state index >= 15 is 0 Å². The van der Waals surface area contributed by atoms with Crippen LogP contribution in [0.2, 0.25) is 0 Å². The maximum Gasteiger partial charge on any atom is 0.124 e. The zero-order valence-corrected chi connectivity index (χ0v) is 8.42. The highest BCUT2D eigenvalue weighted by atomic mass is 16.3. The summed E-state index contributed by atoms with van der Waals surface area (Å²) in [5.74, 6) is 8.97. The number of hydrazine groups is 1. The lowest BCUT2D eigenvalue weighted by Gasteiger charge is -2.13. The van der Waals surface area contributed by atoms with Gasteiger partial charge in [-0.1, -0.05) is 0 Å². The minimum Gasteiger partial charge on any atom is -0.467 e. The van der Waals surface area contributed by atoms with Gasteiger partial charge in [0, 0.05) is 6.42 Å². The van der Waals surface area contributed by atoms with Crippen LogP contribution in [0, 0.1) is 19.3 Å². The van der Waals surface area contributed by atoms with Crippen molar-refractivity contribution in [1.82, 2.24) is 5.43 Å². The van der Waals surface area contributed by atoms with Gasteiger partial charge in [0.05, 0.1) is 12.3 Å². The van der Waals surface area contributed by atoms with E-state index < -0.39 is 0 Å². The fraction of sp³-hybridized carbons (Fsp3) is 0.455. The second-order valence-corrected chi connectivity index (χ2v) is 3.28. The molecule has 0 aromatic carbocycles. The molecule has 0 radical (unpaired) electrons. The zero-order valence-electron chi connectivity index (χ0n) is 8.42. The molecule has 0 amide bonds. The third-order valence-corrected chi connectivity index (χ3v) is 2.23. The van der Waals surface area contributed by atoms with E-state index in [1.54, 1.807) is 6.26 Å². The minimum absolute atomic E-state index is 0.0679. The first-order valence-electron chi connectivity index (χ1n) is 4.73. The maximum absolute atomic E-state index is 5.45. The summed E-state index contributed by atoms with van der Waals surface area (Å²) >= 11 is 0. The SMILES string of the molecule is C#CCCCC(NN)c1occc1C. The zero-order chi connectivity index (χ0) is 10.4. The quantitative estimate of drug-likeness (QED) is 0.324. The van der Waals surface area contributed by atoms with Crippen molar-refractivity contribution in [2.45, 2.75) is 32.2 Å². The Bertz CT molecular complexity index is 311. The van der Waals surface area contributed by atoms with E-state index in [4.69, 9.17) is 16.7 Å². The van der Waals surface area contributed by atoms with E-state index in [-0.39, 0.29) is 6.04 Å². The number of furan rings is 1. The number of unbranched alkanes of at least 4 members (excludes halogenated alkanes) is 1. The lowest BCUT2D eigenvalue weighted by Crippen LogP contribution is -2.28. The summed E-state index contributed by atoms with van der Waals surface area (Å²) in [7, 11) is 0. The summed E-state index contributed by atoms with van der Waals surface area (Å²) in [6, 6.07) is 2.00. The van der Waals surface area contributed by atoms with Gasteiger partial charge >= 0.3 is 0 Å². The second kappa shape index (κ2) is 5.48. The van der Waals surface area contributed by atoms with Gasteiger partial charge in [0.2, 0.25) is 0 Å². The van der Waals surface area contributed by atoms with Crippen molar-refractivity contribution in [2.75, 3.05) is 0 Å². The van der Waals surface area contributed by atoms with Crippen LogP contribution >= 0.6 is 0 Å². The molecule has 0 aliphatic carbocycles. The van der Waals surface area contributed by atoms with Crippen LogP contribution in [0.3, 0.4) is 0 Å². The van der Waals surface area contributed by atoms with Crippen LogP contribution in [0.1, 0.15) is 36.6 Å². The van der Waals surface area contributed by atoms with Crippen LogP contribution in [-0.2, 0) is 0 Å². The Balaban J connectivity index is 2.55. The molecular formula is C11H16N2O. The average Bonchev–Trinajstić information content (AvgIpc) is 2.60. The summed E-state index contributed by atoms with van der Waals surface area (Å²) in [5.41, 5.74) is 3.86. The third-order valence-electron chi connectivity index (χ3n) is 2.23. The Labute approximate surface area is 84.6 Å². The van der Waals surface area contributed by atoms with Gasteiger partial charge in [-0.15, -0.1) is 12.3 Å². The van der Waals surface area contributed by atoms with Crippen molar-refractivity contribution in [2.24, 2.45) is 5.84 Å². The van der Waals surface area contributed by atoms with Crippen molar-refractivity contribution < 1.29 is 4.42 Å². The van der Waals surface area contributed by atoms with Crippen LogP contribution in [0.15, 0.2) is 16.7 Å².